The molecule has 0 aliphatic rings. The second kappa shape index (κ2) is 5.62. The van der Waals surface area contributed by atoms with Crippen molar-refractivity contribution in [2.45, 2.75) is 45.3 Å². The smallest absolute Gasteiger partial charge is 0.245 e. The predicted molar refractivity (Wildman–Crippen MR) is 62.7 cm³/mol. The van der Waals surface area contributed by atoms with E-state index in [0.717, 1.165) is 0 Å². The summed E-state index contributed by atoms with van der Waals surface area (Å²) in [5, 5.41) is 4.87. The molecule has 0 fully saturated rings. The lowest BCUT2D eigenvalue weighted by Gasteiger charge is -2.27. The molecule has 0 aliphatic carbocycles. The van der Waals surface area contributed by atoms with E-state index >= 15 is 0 Å². The molecule has 3 amide bonds. The van der Waals surface area contributed by atoms with Gasteiger partial charge in [0.15, 0.2) is 0 Å². The molecule has 0 spiro atoms. The zero-order chi connectivity index (χ0) is 13.8. The number of rotatable bonds is 5. The molecule has 7 heteroatoms. The first kappa shape index (κ1) is 15.4. The Hall–Kier alpha value is -1.63. The lowest BCUT2D eigenvalue weighted by atomic mass is 10.0. The third-order valence-electron chi connectivity index (χ3n) is 2.19. The van der Waals surface area contributed by atoms with Crippen molar-refractivity contribution in [3.63, 3.8) is 0 Å². The maximum atomic E-state index is 11.8. The van der Waals surface area contributed by atoms with Gasteiger partial charge < -0.3 is 22.1 Å². The molecular weight excluding hydrogens is 224 g/mol. The fourth-order valence-electron chi connectivity index (χ4n) is 0.927. The van der Waals surface area contributed by atoms with Gasteiger partial charge in [0.2, 0.25) is 17.7 Å². The van der Waals surface area contributed by atoms with Crippen molar-refractivity contribution >= 4 is 17.7 Å². The summed E-state index contributed by atoms with van der Waals surface area (Å²) in [6.07, 6.45) is 0. The van der Waals surface area contributed by atoms with Crippen LogP contribution in [0.2, 0.25) is 0 Å². The lowest BCUT2D eigenvalue weighted by molar-refractivity contribution is -0.134. The number of hydrogen-bond acceptors (Lipinski definition) is 4. The molecule has 0 aromatic rings. The van der Waals surface area contributed by atoms with Crippen molar-refractivity contribution in [2.75, 3.05) is 0 Å². The third kappa shape index (κ3) is 4.81. The molecule has 0 rings (SSSR count). The van der Waals surface area contributed by atoms with Crippen molar-refractivity contribution in [1.29, 1.82) is 0 Å². The molecular formula is C10H20N4O3. The van der Waals surface area contributed by atoms with Crippen molar-refractivity contribution in [1.82, 2.24) is 10.6 Å². The van der Waals surface area contributed by atoms with Crippen LogP contribution in [0.15, 0.2) is 0 Å². The highest BCUT2D eigenvalue weighted by Crippen LogP contribution is 2.03. The van der Waals surface area contributed by atoms with Crippen LogP contribution in [0.4, 0.5) is 0 Å². The summed E-state index contributed by atoms with van der Waals surface area (Å²) in [7, 11) is 0. The van der Waals surface area contributed by atoms with Crippen molar-refractivity contribution in [3.8, 4) is 0 Å². The van der Waals surface area contributed by atoms with E-state index in [0.29, 0.717) is 0 Å². The molecule has 0 unspecified atom stereocenters. The molecule has 0 bridgehead atoms. The lowest BCUT2D eigenvalue weighted by Crippen LogP contribution is -2.59. The molecule has 2 atom stereocenters. The molecule has 0 radical (unpaired) electrons. The molecule has 0 aromatic carbocycles. The highest BCUT2D eigenvalue weighted by Gasteiger charge is 2.31. The molecule has 0 aromatic heterocycles. The van der Waals surface area contributed by atoms with E-state index in [1.165, 1.54) is 27.7 Å². The molecule has 0 heterocycles. The van der Waals surface area contributed by atoms with Gasteiger partial charge >= 0.3 is 0 Å². The summed E-state index contributed by atoms with van der Waals surface area (Å²) < 4.78 is 0. The van der Waals surface area contributed by atoms with Crippen LogP contribution in [0.1, 0.15) is 27.7 Å². The minimum atomic E-state index is -1.16. The first-order valence-electron chi connectivity index (χ1n) is 5.26. The number of nitrogens with one attached hydrogen (secondary N) is 2. The Balaban J connectivity index is 4.55. The number of amides is 3. The minimum Gasteiger partial charge on any atom is -0.368 e. The van der Waals surface area contributed by atoms with Gasteiger partial charge in [0.1, 0.15) is 11.6 Å². The van der Waals surface area contributed by atoms with E-state index in [4.69, 9.17) is 11.5 Å². The predicted octanol–water partition coefficient (Wildman–Crippen LogP) is -1.78. The minimum absolute atomic E-state index is 0.447. The average molecular weight is 244 g/mol. The maximum absolute atomic E-state index is 11.8. The van der Waals surface area contributed by atoms with Crippen LogP contribution < -0.4 is 22.1 Å². The second-order valence-electron chi connectivity index (χ2n) is 4.50. The van der Waals surface area contributed by atoms with E-state index in [1.54, 1.807) is 0 Å². The summed E-state index contributed by atoms with van der Waals surface area (Å²) in [5.41, 5.74) is 9.23. The molecule has 17 heavy (non-hydrogen) atoms. The van der Waals surface area contributed by atoms with Gasteiger partial charge in [-0.2, -0.15) is 0 Å². The molecule has 0 saturated carbocycles. The topological polar surface area (TPSA) is 127 Å². The summed E-state index contributed by atoms with van der Waals surface area (Å²) in [5.74, 6) is -1.60. The zero-order valence-electron chi connectivity index (χ0n) is 10.5. The SMILES string of the molecule is C[C@H](N)C(=O)NC(C)(C)C(=O)N[C@@H](C)C(N)=O. The van der Waals surface area contributed by atoms with Gasteiger partial charge in [-0.3, -0.25) is 14.4 Å². The largest absolute Gasteiger partial charge is 0.368 e. The van der Waals surface area contributed by atoms with E-state index in [2.05, 4.69) is 10.6 Å². The van der Waals surface area contributed by atoms with E-state index < -0.39 is 35.3 Å². The zero-order valence-corrected chi connectivity index (χ0v) is 10.5. The summed E-state index contributed by atoms with van der Waals surface area (Å²) in [6.45, 7) is 5.99. The van der Waals surface area contributed by atoms with Crippen molar-refractivity contribution < 1.29 is 14.4 Å². The number of carbonyl (C=O) groups is 3. The van der Waals surface area contributed by atoms with Crippen LogP contribution in [-0.4, -0.2) is 35.3 Å². The summed E-state index contributed by atoms with van der Waals surface area (Å²) in [4.78, 5) is 33.9. The van der Waals surface area contributed by atoms with Crippen LogP contribution >= 0.6 is 0 Å². The van der Waals surface area contributed by atoms with Crippen LogP contribution in [0.5, 0.6) is 0 Å². The fourth-order valence-corrected chi connectivity index (χ4v) is 0.927. The van der Waals surface area contributed by atoms with Crippen LogP contribution in [0.3, 0.4) is 0 Å². The van der Waals surface area contributed by atoms with E-state index in [-0.39, 0.29) is 0 Å². The van der Waals surface area contributed by atoms with Gasteiger partial charge in [-0.25, -0.2) is 0 Å². The molecule has 98 valence electrons. The Bertz CT molecular complexity index is 326. The highest BCUT2D eigenvalue weighted by molar-refractivity contribution is 5.94. The Labute approximate surface area is 100 Å². The molecule has 7 nitrogen and oxygen atoms in total. The highest BCUT2D eigenvalue weighted by atomic mass is 16.2. The van der Waals surface area contributed by atoms with Crippen LogP contribution in [0, 0.1) is 0 Å². The summed E-state index contributed by atoms with van der Waals surface area (Å²) in [6, 6.07) is -1.51. The monoisotopic (exact) mass is 244 g/mol. The van der Waals surface area contributed by atoms with Crippen molar-refractivity contribution in [3.05, 3.63) is 0 Å². The van der Waals surface area contributed by atoms with Gasteiger partial charge in [0.05, 0.1) is 6.04 Å². The van der Waals surface area contributed by atoms with Crippen LogP contribution in [0.25, 0.3) is 0 Å². The van der Waals surface area contributed by atoms with E-state index in [1.807, 2.05) is 0 Å². The van der Waals surface area contributed by atoms with Gasteiger partial charge in [-0.05, 0) is 27.7 Å². The van der Waals surface area contributed by atoms with Crippen LogP contribution in [-0.2, 0) is 14.4 Å². The van der Waals surface area contributed by atoms with Gasteiger partial charge in [-0.15, -0.1) is 0 Å². The van der Waals surface area contributed by atoms with Gasteiger partial charge in [0.25, 0.3) is 0 Å². The Kier molecular flexibility index (Phi) is 5.09. The van der Waals surface area contributed by atoms with Crippen molar-refractivity contribution in [2.24, 2.45) is 11.5 Å². The first-order chi connectivity index (χ1) is 7.58. The molecule has 0 saturated heterocycles. The normalized spacial score (nSPS) is 14.6. The van der Waals surface area contributed by atoms with Gasteiger partial charge in [0, 0.05) is 0 Å². The third-order valence-corrected chi connectivity index (χ3v) is 2.19. The number of hydrogen-bond donors (Lipinski definition) is 4. The Morgan fingerprint density at radius 2 is 1.65 bits per heavy atom. The molecule has 6 N–H and O–H groups in total. The molecule has 0 aliphatic heterocycles. The number of primary amides is 1. The number of carbonyl (C=O) groups excluding carboxylic acids is 3. The summed E-state index contributed by atoms with van der Waals surface area (Å²) >= 11 is 0. The first-order valence-corrected chi connectivity index (χ1v) is 5.26. The Morgan fingerprint density at radius 1 is 1.18 bits per heavy atom. The maximum Gasteiger partial charge on any atom is 0.245 e. The van der Waals surface area contributed by atoms with Gasteiger partial charge in [-0.1, -0.05) is 0 Å². The standard InChI is InChI=1S/C10H20N4O3/c1-5(11)8(16)14-10(3,4)9(17)13-6(2)7(12)15/h5-6H,11H2,1-4H3,(H2,12,15)(H,13,17)(H,14,16)/t5-,6-/m0/s1. The Morgan fingerprint density at radius 3 is 2.00 bits per heavy atom. The number of nitrogens with two attached hydrogens (primary N) is 2. The second-order valence-corrected chi connectivity index (χ2v) is 4.50. The average Bonchev–Trinajstić information content (AvgIpc) is 2.16. The fraction of sp³-hybridized carbons (Fsp3) is 0.700. The van der Waals surface area contributed by atoms with E-state index in [9.17, 15) is 14.4 Å². The quantitative estimate of drug-likeness (QED) is 0.456.